The summed E-state index contributed by atoms with van der Waals surface area (Å²) < 4.78 is 16.3. The third-order valence-corrected chi connectivity index (χ3v) is 5.97. The van der Waals surface area contributed by atoms with E-state index in [0.717, 1.165) is 17.9 Å². The van der Waals surface area contributed by atoms with Crippen molar-refractivity contribution >= 4 is 28.4 Å². The fraction of sp³-hybridized carbons (Fsp3) is 0.375. The normalized spacial score (nSPS) is 13.6. The van der Waals surface area contributed by atoms with Crippen LogP contribution in [0.2, 0.25) is 0 Å². The van der Waals surface area contributed by atoms with E-state index in [0.29, 0.717) is 47.2 Å². The molecule has 0 bridgehead atoms. The molecule has 0 unspecified atom stereocenters. The lowest BCUT2D eigenvalue weighted by molar-refractivity contribution is 0.327. The van der Waals surface area contributed by atoms with E-state index in [1.165, 1.54) is 25.3 Å². The first-order chi connectivity index (χ1) is 15.9. The van der Waals surface area contributed by atoms with Crippen molar-refractivity contribution in [1.29, 1.82) is 0 Å². The monoisotopic (exact) mass is 451 g/mol. The highest BCUT2D eigenvalue weighted by Gasteiger charge is 2.24. The van der Waals surface area contributed by atoms with Gasteiger partial charge < -0.3 is 29.0 Å². The summed E-state index contributed by atoms with van der Waals surface area (Å²) in [5, 5.41) is 0.326. The van der Waals surface area contributed by atoms with Crippen molar-refractivity contribution < 1.29 is 14.2 Å². The maximum atomic E-state index is 13.0. The summed E-state index contributed by atoms with van der Waals surface area (Å²) in [6.45, 7) is 3.33. The van der Waals surface area contributed by atoms with E-state index in [9.17, 15) is 4.79 Å². The molecule has 0 fully saturated rings. The standard InChI is InChI=1S/C24H29N5O4/c1-14(28(2)3)25-17-9-7-8-15-13-29(11-10-16(15)17)24-26-18-12-19(31-4)21(32-5)22(33-6)20(18)23(30)27-24/h7-9,12H,10-11,13H2,1-6H3,(H,26,27,30)/b25-14+. The van der Waals surface area contributed by atoms with E-state index in [2.05, 4.69) is 20.9 Å². The number of amidine groups is 1. The Morgan fingerprint density at radius 1 is 1.15 bits per heavy atom. The van der Waals surface area contributed by atoms with Crippen LogP contribution in [0.3, 0.4) is 0 Å². The van der Waals surface area contributed by atoms with Crippen LogP contribution in [-0.2, 0) is 13.0 Å². The van der Waals surface area contributed by atoms with E-state index in [4.69, 9.17) is 19.2 Å². The summed E-state index contributed by atoms with van der Waals surface area (Å²) in [5.74, 6) is 2.59. The maximum absolute atomic E-state index is 13.0. The third-order valence-electron chi connectivity index (χ3n) is 5.97. The number of benzene rings is 2. The van der Waals surface area contributed by atoms with E-state index in [-0.39, 0.29) is 5.56 Å². The summed E-state index contributed by atoms with van der Waals surface area (Å²) in [5.41, 5.74) is 3.57. The van der Waals surface area contributed by atoms with Gasteiger partial charge in [-0.05, 0) is 30.5 Å². The molecular weight excluding hydrogens is 422 g/mol. The number of aromatic nitrogens is 2. The number of anilines is 1. The Balaban J connectivity index is 1.75. The molecule has 33 heavy (non-hydrogen) atoms. The van der Waals surface area contributed by atoms with Crippen LogP contribution in [0, 0.1) is 0 Å². The van der Waals surface area contributed by atoms with Crippen molar-refractivity contribution in [1.82, 2.24) is 14.9 Å². The van der Waals surface area contributed by atoms with Crippen molar-refractivity contribution in [2.45, 2.75) is 19.9 Å². The zero-order chi connectivity index (χ0) is 23.7. The molecule has 0 atom stereocenters. The molecule has 0 amide bonds. The van der Waals surface area contributed by atoms with Gasteiger partial charge >= 0.3 is 0 Å². The molecule has 0 aliphatic carbocycles. The number of fused-ring (bicyclic) bond motifs is 2. The highest BCUT2D eigenvalue weighted by molar-refractivity contribution is 5.90. The van der Waals surface area contributed by atoms with Gasteiger partial charge in [-0.2, -0.15) is 4.98 Å². The number of nitrogens with zero attached hydrogens (tertiary/aromatic N) is 4. The lowest BCUT2D eigenvalue weighted by Gasteiger charge is -2.30. The molecule has 1 aromatic heterocycles. The molecule has 174 valence electrons. The first-order valence-electron chi connectivity index (χ1n) is 10.7. The molecule has 0 saturated heterocycles. The highest BCUT2D eigenvalue weighted by Crippen LogP contribution is 2.41. The number of H-pyrrole nitrogens is 1. The molecule has 3 aromatic rings. The van der Waals surface area contributed by atoms with Gasteiger partial charge in [-0.15, -0.1) is 0 Å². The maximum Gasteiger partial charge on any atom is 0.286 e. The summed E-state index contributed by atoms with van der Waals surface area (Å²) in [6.07, 6.45) is 0.798. The van der Waals surface area contributed by atoms with Gasteiger partial charge in [0.25, 0.3) is 5.56 Å². The van der Waals surface area contributed by atoms with Crippen molar-refractivity contribution in [3.8, 4) is 17.2 Å². The van der Waals surface area contributed by atoms with Crippen LogP contribution in [-0.4, -0.2) is 62.7 Å². The van der Waals surface area contributed by atoms with E-state index < -0.39 is 0 Å². The second-order valence-electron chi connectivity index (χ2n) is 8.07. The molecule has 2 heterocycles. The molecule has 9 heteroatoms. The fourth-order valence-electron chi connectivity index (χ4n) is 4.07. The van der Waals surface area contributed by atoms with Crippen LogP contribution in [0.25, 0.3) is 10.9 Å². The molecule has 2 aromatic carbocycles. The van der Waals surface area contributed by atoms with Gasteiger partial charge in [0.2, 0.25) is 11.7 Å². The van der Waals surface area contributed by atoms with Crippen LogP contribution in [0.1, 0.15) is 18.1 Å². The molecule has 1 aliphatic heterocycles. The van der Waals surface area contributed by atoms with Gasteiger partial charge in [0.15, 0.2) is 11.5 Å². The number of methoxy groups -OCH3 is 3. The van der Waals surface area contributed by atoms with Crippen molar-refractivity contribution in [3.63, 3.8) is 0 Å². The minimum atomic E-state index is -0.387. The van der Waals surface area contributed by atoms with Crippen molar-refractivity contribution in [3.05, 3.63) is 45.7 Å². The van der Waals surface area contributed by atoms with E-state index in [1.807, 2.05) is 38.1 Å². The lowest BCUT2D eigenvalue weighted by atomic mass is 9.98. The van der Waals surface area contributed by atoms with E-state index >= 15 is 0 Å². The van der Waals surface area contributed by atoms with E-state index in [1.54, 1.807) is 13.2 Å². The molecule has 1 N–H and O–H groups in total. The smallest absolute Gasteiger partial charge is 0.286 e. The molecular formula is C24H29N5O4. The number of hydrogen-bond donors (Lipinski definition) is 1. The average molecular weight is 452 g/mol. The molecule has 1 aliphatic rings. The topological polar surface area (TPSA) is 92.3 Å². The molecule has 0 saturated carbocycles. The van der Waals surface area contributed by atoms with Crippen molar-refractivity contribution in [2.24, 2.45) is 4.99 Å². The summed E-state index contributed by atoms with van der Waals surface area (Å²) in [7, 11) is 8.51. The van der Waals surface area contributed by atoms with Gasteiger partial charge in [-0.3, -0.25) is 4.79 Å². The number of rotatable bonds is 5. The Hall–Kier alpha value is -3.75. The number of aliphatic imine (C=N–C) groups is 1. The Bertz CT molecular complexity index is 1280. The molecule has 9 nitrogen and oxygen atoms in total. The Kier molecular flexibility index (Phi) is 6.13. The largest absolute Gasteiger partial charge is 0.493 e. The number of hydrogen-bond acceptors (Lipinski definition) is 7. The van der Waals surface area contributed by atoms with Gasteiger partial charge in [0.05, 0.1) is 32.5 Å². The second-order valence-corrected chi connectivity index (χ2v) is 8.07. The summed E-state index contributed by atoms with van der Waals surface area (Å²) in [4.78, 5) is 29.5. The average Bonchev–Trinajstić information content (AvgIpc) is 2.82. The first kappa shape index (κ1) is 22.4. The highest BCUT2D eigenvalue weighted by atomic mass is 16.5. The van der Waals surface area contributed by atoms with Gasteiger partial charge in [-0.1, -0.05) is 12.1 Å². The number of nitrogens with one attached hydrogen (secondary N) is 1. The fourth-order valence-corrected chi connectivity index (χ4v) is 4.07. The predicted octanol–water partition coefficient (Wildman–Crippen LogP) is 3.12. The summed E-state index contributed by atoms with van der Waals surface area (Å²) in [6, 6.07) is 7.89. The SMILES string of the molecule is COc1cc2[nH]c(N3CCc4c(cccc4/N=C(\C)N(C)C)C3)nc(=O)c2c(OC)c1OC. The molecule has 4 rings (SSSR count). The Labute approximate surface area is 192 Å². The predicted molar refractivity (Wildman–Crippen MR) is 130 cm³/mol. The first-order valence-corrected chi connectivity index (χ1v) is 10.7. The zero-order valence-electron chi connectivity index (χ0n) is 19.9. The third kappa shape index (κ3) is 4.06. The Morgan fingerprint density at radius 2 is 1.91 bits per heavy atom. The second kappa shape index (κ2) is 9.01. The Morgan fingerprint density at radius 3 is 2.58 bits per heavy atom. The number of aromatic amines is 1. The minimum absolute atomic E-state index is 0.301. The molecule has 0 radical (unpaired) electrons. The summed E-state index contributed by atoms with van der Waals surface area (Å²) >= 11 is 0. The molecule has 0 spiro atoms. The van der Waals surface area contributed by atoms with Crippen LogP contribution in [0.5, 0.6) is 17.2 Å². The number of ether oxygens (including phenoxy) is 3. The van der Waals surface area contributed by atoms with Crippen molar-refractivity contribution in [2.75, 3.05) is 46.9 Å². The van der Waals surface area contributed by atoms with Gasteiger partial charge in [0.1, 0.15) is 11.2 Å². The minimum Gasteiger partial charge on any atom is -0.493 e. The van der Waals surface area contributed by atoms with Crippen LogP contribution in [0.15, 0.2) is 34.1 Å². The van der Waals surface area contributed by atoms with Gasteiger partial charge in [0, 0.05) is 33.3 Å². The van der Waals surface area contributed by atoms with Gasteiger partial charge in [-0.25, -0.2) is 4.99 Å². The van der Waals surface area contributed by atoms with Crippen LogP contribution in [0.4, 0.5) is 11.6 Å². The lowest BCUT2D eigenvalue weighted by Crippen LogP contribution is -2.33. The quantitative estimate of drug-likeness (QED) is 0.471. The van der Waals surface area contributed by atoms with Crippen LogP contribution >= 0.6 is 0 Å². The van der Waals surface area contributed by atoms with Crippen LogP contribution < -0.4 is 24.7 Å². The zero-order valence-corrected chi connectivity index (χ0v) is 19.9.